The summed E-state index contributed by atoms with van der Waals surface area (Å²) in [5.41, 5.74) is 2.33. The lowest BCUT2D eigenvalue weighted by Gasteiger charge is -2.26. The van der Waals surface area contributed by atoms with Gasteiger partial charge in [0.2, 0.25) is 0 Å². The first-order valence-corrected chi connectivity index (χ1v) is 7.53. The first-order valence-electron chi connectivity index (χ1n) is 7.15. The number of ether oxygens (including phenoxy) is 1. The number of aryl methyl sites for hydroxylation is 1. The molecule has 2 aromatic rings. The van der Waals surface area contributed by atoms with Crippen molar-refractivity contribution in [2.75, 3.05) is 6.54 Å². The van der Waals surface area contributed by atoms with Crippen LogP contribution in [0.15, 0.2) is 42.5 Å². The molecule has 0 fully saturated rings. The normalized spacial score (nSPS) is 17.1. The molecule has 3 nitrogen and oxygen atoms in total. The van der Waals surface area contributed by atoms with Crippen LogP contribution in [0.4, 0.5) is 0 Å². The van der Waals surface area contributed by atoms with Gasteiger partial charge in [-0.15, -0.1) is 0 Å². The Morgan fingerprint density at radius 3 is 2.86 bits per heavy atom. The number of halogens is 1. The zero-order valence-corrected chi connectivity index (χ0v) is 12.4. The molecule has 2 N–H and O–H groups in total. The zero-order chi connectivity index (χ0) is 14.7. The molecular weight excluding hydrogens is 286 g/mol. The zero-order valence-electron chi connectivity index (χ0n) is 11.7. The van der Waals surface area contributed by atoms with E-state index in [1.165, 1.54) is 5.56 Å². The van der Waals surface area contributed by atoms with E-state index in [4.69, 9.17) is 16.3 Å². The SMILES string of the molecule is Oc1cc2c(cc1Cl)CC[C@@H](CNCc1ccccc1)O2. The van der Waals surface area contributed by atoms with Gasteiger partial charge in [-0.3, -0.25) is 0 Å². The third kappa shape index (κ3) is 3.49. The summed E-state index contributed by atoms with van der Waals surface area (Å²) >= 11 is 5.92. The first-order chi connectivity index (χ1) is 10.2. The smallest absolute Gasteiger partial charge is 0.137 e. The van der Waals surface area contributed by atoms with Crippen LogP contribution in [-0.2, 0) is 13.0 Å². The van der Waals surface area contributed by atoms with E-state index < -0.39 is 0 Å². The summed E-state index contributed by atoms with van der Waals surface area (Å²) < 4.78 is 5.92. The summed E-state index contributed by atoms with van der Waals surface area (Å²) in [6.45, 7) is 1.62. The van der Waals surface area contributed by atoms with E-state index in [0.29, 0.717) is 5.02 Å². The van der Waals surface area contributed by atoms with Crippen molar-refractivity contribution in [3.05, 3.63) is 58.6 Å². The molecule has 0 saturated carbocycles. The van der Waals surface area contributed by atoms with Crippen molar-refractivity contribution in [2.24, 2.45) is 0 Å². The number of nitrogens with one attached hydrogen (secondary N) is 1. The highest BCUT2D eigenvalue weighted by atomic mass is 35.5. The second kappa shape index (κ2) is 6.37. The van der Waals surface area contributed by atoms with Gasteiger partial charge in [0.25, 0.3) is 0 Å². The first kappa shape index (κ1) is 14.2. The van der Waals surface area contributed by atoms with Gasteiger partial charge in [0.1, 0.15) is 17.6 Å². The van der Waals surface area contributed by atoms with Crippen molar-refractivity contribution >= 4 is 11.6 Å². The van der Waals surface area contributed by atoms with Crippen LogP contribution >= 0.6 is 11.6 Å². The van der Waals surface area contributed by atoms with Gasteiger partial charge < -0.3 is 15.2 Å². The summed E-state index contributed by atoms with van der Waals surface area (Å²) in [7, 11) is 0. The molecule has 110 valence electrons. The molecule has 0 saturated heterocycles. The average molecular weight is 304 g/mol. The predicted molar refractivity (Wildman–Crippen MR) is 84.0 cm³/mol. The molecule has 4 heteroatoms. The Bertz CT molecular complexity index is 616. The second-order valence-corrected chi connectivity index (χ2v) is 5.71. The van der Waals surface area contributed by atoms with E-state index in [-0.39, 0.29) is 11.9 Å². The average Bonchev–Trinajstić information content (AvgIpc) is 2.50. The van der Waals surface area contributed by atoms with E-state index in [1.54, 1.807) is 12.1 Å². The van der Waals surface area contributed by atoms with Crippen molar-refractivity contribution in [1.82, 2.24) is 5.32 Å². The third-order valence-electron chi connectivity index (χ3n) is 3.70. The lowest BCUT2D eigenvalue weighted by atomic mass is 10.0. The summed E-state index contributed by atoms with van der Waals surface area (Å²) in [5.74, 6) is 0.822. The lowest BCUT2D eigenvalue weighted by Crippen LogP contribution is -2.33. The Morgan fingerprint density at radius 1 is 1.24 bits per heavy atom. The summed E-state index contributed by atoms with van der Waals surface area (Å²) in [6.07, 6.45) is 2.00. The molecule has 0 spiro atoms. The van der Waals surface area contributed by atoms with E-state index in [1.807, 2.05) is 18.2 Å². The van der Waals surface area contributed by atoms with Gasteiger partial charge in [0, 0.05) is 19.2 Å². The number of rotatable bonds is 4. The number of phenolic OH excluding ortho intramolecular Hbond substituents is 1. The van der Waals surface area contributed by atoms with Gasteiger partial charge in [0.15, 0.2) is 0 Å². The fraction of sp³-hybridized carbons (Fsp3) is 0.294. The van der Waals surface area contributed by atoms with Gasteiger partial charge in [-0.2, -0.15) is 0 Å². The topological polar surface area (TPSA) is 41.5 Å². The van der Waals surface area contributed by atoms with E-state index in [0.717, 1.165) is 37.2 Å². The quantitative estimate of drug-likeness (QED) is 0.908. The fourth-order valence-electron chi connectivity index (χ4n) is 2.56. The van der Waals surface area contributed by atoms with Gasteiger partial charge in [-0.1, -0.05) is 41.9 Å². The largest absolute Gasteiger partial charge is 0.506 e. The molecule has 0 radical (unpaired) electrons. The molecule has 0 unspecified atom stereocenters. The summed E-state index contributed by atoms with van der Waals surface area (Å²) in [6, 6.07) is 13.7. The molecule has 2 aromatic carbocycles. The Hall–Kier alpha value is -1.71. The predicted octanol–water partition coefficient (Wildman–Crippen LogP) is 3.53. The van der Waals surface area contributed by atoms with Crippen LogP contribution in [0.5, 0.6) is 11.5 Å². The van der Waals surface area contributed by atoms with Crippen molar-refractivity contribution in [3.63, 3.8) is 0 Å². The maximum Gasteiger partial charge on any atom is 0.137 e. The molecular formula is C17H18ClNO2. The Labute approximate surface area is 129 Å². The van der Waals surface area contributed by atoms with Crippen molar-refractivity contribution in [1.29, 1.82) is 0 Å². The molecule has 1 atom stereocenters. The number of hydrogen-bond acceptors (Lipinski definition) is 3. The van der Waals surface area contributed by atoms with Crippen molar-refractivity contribution in [2.45, 2.75) is 25.5 Å². The lowest BCUT2D eigenvalue weighted by molar-refractivity contribution is 0.169. The van der Waals surface area contributed by atoms with Crippen LogP contribution in [0.3, 0.4) is 0 Å². The minimum atomic E-state index is 0.0771. The van der Waals surface area contributed by atoms with Crippen LogP contribution in [0.2, 0.25) is 5.02 Å². The fourth-order valence-corrected chi connectivity index (χ4v) is 2.75. The standard InChI is InChI=1S/C17H18ClNO2/c18-15-8-13-6-7-14(21-17(13)9-16(15)20)11-19-10-12-4-2-1-3-5-12/h1-5,8-9,14,19-20H,6-7,10-11H2/t14-/m0/s1. The number of benzene rings is 2. The molecule has 21 heavy (non-hydrogen) atoms. The molecule has 0 aliphatic carbocycles. The van der Waals surface area contributed by atoms with Crippen LogP contribution in [0, 0.1) is 0 Å². The number of phenols is 1. The maximum atomic E-state index is 9.66. The highest BCUT2D eigenvalue weighted by molar-refractivity contribution is 6.32. The minimum absolute atomic E-state index is 0.0771. The van der Waals surface area contributed by atoms with Crippen molar-refractivity contribution < 1.29 is 9.84 Å². The van der Waals surface area contributed by atoms with Crippen LogP contribution in [-0.4, -0.2) is 17.8 Å². The van der Waals surface area contributed by atoms with Gasteiger partial charge >= 0.3 is 0 Å². The molecule has 0 aromatic heterocycles. The van der Waals surface area contributed by atoms with Gasteiger partial charge in [0.05, 0.1) is 5.02 Å². The molecule has 0 bridgehead atoms. The van der Waals surface area contributed by atoms with Crippen LogP contribution in [0.25, 0.3) is 0 Å². The Kier molecular flexibility index (Phi) is 4.32. The van der Waals surface area contributed by atoms with Gasteiger partial charge in [-0.05, 0) is 30.0 Å². The molecule has 3 rings (SSSR count). The molecule has 0 amide bonds. The highest BCUT2D eigenvalue weighted by Crippen LogP contribution is 2.35. The van der Waals surface area contributed by atoms with Crippen LogP contribution in [0.1, 0.15) is 17.5 Å². The molecule has 1 heterocycles. The minimum Gasteiger partial charge on any atom is -0.506 e. The number of aromatic hydroxyl groups is 1. The maximum absolute atomic E-state index is 9.66. The number of fused-ring (bicyclic) bond motifs is 1. The van der Waals surface area contributed by atoms with E-state index >= 15 is 0 Å². The molecule has 1 aliphatic rings. The Balaban J connectivity index is 1.55. The summed E-state index contributed by atoms with van der Waals surface area (Å²) in [4.78, 5) is 0. The monoisotopic (exact) mass is 303 g/mol. The Morgan fingerprint density at radius 2 is 2.05 bits per heavy atom. The second-order valence-electron chi connectivity index (χ2n) is 5.31. The van der Waals surface area contributed by atoms with Crippen molar-refractivity contribution in [3.8, 4) is 11.5 Å². The van der Waals surface area contributed by atoms with E-state index in [2.05, 4.69) is 17.4 Å². The highest BCUT2D eigenvalue weighted by Gasteiger charge is 2.21. The van der Waals surface area contributed by atoms with Crippen LogP contribution < -0.4 is 10.1 Å². The third-order valence-corrected chi connectivity index (χ3v) is 4.01. The van der Waals surface area contributed by atoms with Gasteiger partial charge in [-0.25, -0.2) is 0 Å². The molecule has 1 aliphatic heterocycles. The summed E-state index contributed by atoms with van der Waals surface area (Å²) in [5, 5.41) is 13.5. The van der Waals surface area contributed by atoms with E-state index in [9.17, 15) is 5.11 Å². The number of hydrogen-bond donors (Lipinski definition) is 2.